The monoisotopic (exact) mass is 251 g/mol. The molecule has 0 spiro atoms. The zero-order chi connectivity index (χ0) is 12.1. The number of carbonyl (C=O) groups is 1. The zero-order valence-electron chi connectivity index (χ0n) is 9.90. The molecule has 92 valence electrons. The highest BCUT2D eigenvalue weighted by molar-refractivity contribution is 7.99. The second-order valence-corrected chi connectivity index (χ2v) is 5.25. The third kappa shape index (κ3) is 3.44. The molecule has 2 N–H and O–H groups in total. The summed E-state index contributed by atoms with van der Waals surface area (Å²) in [5.41, 5.74) is 2.23. The molecule has 1 saturated heterocycles. The van der Waals surface area contributed by atoms with Gasteiger partial charge >= 0.3 is 0 Å². The minimum atomic E-state index is -0.0455. The molecule has 1 atom stereocenters. The Labute approximate surface area is 106 Å². The van der Waals surface area contributed by atoms with E-state index in [0.29, 0.717) is 6.54 Å². The van der Waals surface area contributed by atoms with Gasteiger partial charge in [-0.05, 0) is 24.1 Å². The van der Waals surface area contributed by atoms with Gasteiger partial charge in [0.15, 0.2) is 0 Å². The number of rotatable bonds is 3. The minimum Gasteiger partial charge on any atom is -0.351 e. The molecule has 0 radical (unpaired) electrons. The molecular weight excluding hydrogens is 234 g/mol. The first kappa shape index (κ1) is 12.4. The number of thioether (sulfide) groups is 1. The fraction of sp³-hybridized carbons (Fsp3) is 0.500. The standard InChI is InChI=1S/C12H17N3OS/c1-9-6-13-3-2-10(9)7-15-12(16)11-8-17-5-4-14-11/h2-3,6,11,14H,4-5,7-8H2,1H3,(H,15,16). The Balaban J connectivity index is 1.85. The number of pyridine rings is 1. The lowest BCUT2D eigenvalue weighted by atomic mass is 10.1. The van der Waals surface area contributed by atoms with Crippen LogP contribution in [0.2, 0.25) is 0 Å². The lowest BCUT2D eigenvalue weighted by molar-refractivity contribution is -0.122. The molecule has 0 aliphatic carbocycles. The molecule has 5 heteroatoms. The summed E-state index contributed by atoms with van der Waals surface area (Å²) in [5, 5.41) is 6.19. The number of amides is 1. The smallest absolute Gasteiger partial charge is 0.238 e. The Morgan fingerprint density at radius 3 is 3.29 bits per heavy atom. The minimum absolute atomic E-state index is 0.0455. The lowest BCUT2D eigenvalue weighted by Gasteiger charge is -2.22. The summed E-state index contributed by atoms with van der Waals surface area (Å²) in [6.45, 7) is 3.50. The maximum absolute atomic E-state index is 11.9. The SMILES string of the molecule is Cc1cnccc1CNC(=O)C1CSCCN1. The number of hydrogen-bond donors (Lipinski definition) is 2. The van der Waals surface area contributed by atoms with E-state index in [1.807, 2.05) is 30.9 Å². The van der Waals surface area contributed by atoms with Crippen molar-refractivity contribution in [2.75, 3.05) is 18.1 Å². The molecule has 1 fully saturated rings. The third-order valence-electron chi connectivity index (χ3n) is 2.83. The molecule has 1 unspecified atom stereocenters. The number of aryl methyl sites for hydroxylation is 1. The molecule has 1 aromatic heterocycles. The van der Waals surface area contributed by atoms with Crippen LogP contribution in [-0.4, -0.2) is 35.0 Å². The molecule has 1 aromatic rings. The average molecular weight is 251 g/mol. The summed E-state index contributed by atoms with van der Waals surface area (Å²) in [6, 6.07) is 1.90. The first-order valence-corrected chi connectivity index (χ1v) is 6.91. The van der Waals surface area contributed by atoms with Gasteiger partial charge in [-0.15, -0.1) is 0 Å². The molecule has 1 aliphatic heterocycles. The second-order valence-electron chi connectivity index (χ2n) is 4.10. The highest BCUT2D eigenvalue weighted by Gasteiger charge is 2.20. The van der Waals surface area contributed by atoms with Crippen molar-refractivity contribution in [1.29, 1.82) is 0 Å². The number of carbonyl (C=O) groups excluding carboxylic acids is 1. The van der Waals surface area contributed by atoms with Crippen molar-refractivity contribution >= 4 is 17.7 Å². The van der Waals surface area contributed by atoms with Crippen LogP contribution in [-0.2, 0) is 11.3 Å². The maximum Gasteiger partial charge on any atom is 0.238 e. The normalized spacial score (nSPS) is 19.9. The van der Waals surface area contributed by atoms with Gasteiger partial charge in [0, 0.05) is 37.0 Å². The summed E-state index contributed by atoms with van der Waals surface area (Å²) in [7, 11) is 0. The quantitative estimate of drug-likeness (QED) is 0.831. The summed E-state index contributed by atoms with van der Waals surface area (Å²) in [6.07, 6.45) is 3.57. The lowest BCUT2D eigenvalue weighted by Crippen LogP contribution is -2.48. The summed E-state index contributed by atoms with van der Waals surface area (Å²) >= 11 is 1.82. The predicted octanol–water partition coefficient (Wildman–Crippen LogP) is 0.711. The number of nitrogens with one attached hydrogen (secondary N) is 2. The Bertz CT molecular complexity index is 391. The van der Waals surface area contributed by atoms with E-state index in [4.69, 9.17) is 0 Å². The molecule has 2 heterocycles. The molecule has 0 saturated carbocycles. The van der Waals surface area contributed by atoms with Crippen molar-refractivity contribution in [3.63, 3.8) is 0 Å². The topological polar surface area (TPSA) is 54.0 Å². The van der Waals surface area contributed by atoms with E-state index < -0.39 is 0 Å². The van der Waals surface area contributed by atoms with E-state index in [1.165, 1.54) is 0 Å². The van der Waals surface area contributed by atoms with Gasteiger partial charge < -0.3 is 10.6 Å². The van der Waals surface area contributed by atoms with Crippen LogP contribution in [0.15, 0.2) is 18.5 Å². The van der Waals surface area contributed by atoms with Crippen LogP contribution in [0.25, 0.3) is 0 Å². The van der Waals surface area contributed by atoms with Crippen molar-refractivity contribution in [2.24, 2.45) is 0 Å². The average Bonchev–Trinajstić information content (AvgIpc) is 2.38. The van der Waals surface area contributed by atoms with E-state index in [-0.39, 0.29) is 11.9 Å². The Kier molecular flexibility index (Phi) is 4.39. The summed E-state index contributed by atoms with van der Waals surface area (Å²) < 4.78 is 0. The summed E-state index contributed by atoms with van der Waals surface area (Å²) in [5.74, 6) is 2.04. The molecule has 1 amide bonds. The van der Waals surface area contributed by atoms with Gasteiger partial charge in [-0.3, -0.25) is 9.78 Å². The van der Waals surface area contributed by atoms with Crippen molar-refractivity contribution in [1.82, 2.24) is 15.6 Å². The van der Waals surface area contributed by atoms with Crippen molar-refractivity contribution in [3.05, 3.63) is 29.6 Å². The van der Waals surface area contributed by atoms with Crippen LogP contribution in [0.3, 0.4) is 0 Å². The predicted molar refractivity (Wildman–Crippen MR) is 69.9 cm³/mol. The van der Waals surface area contributed by atoms with Gasteiger partial charge in [-0.25, -0.2) is 0 Å². The Hall–Kier alpha value is -1.07. The van der Waals surface area contributed by atoms with Gasteiger partial charge in [0.1, 0.15) is 0 Å². The maximum atomic E-state index is 11.9. The first-order valence-electron chi connectivity index (χ1n) is 5.75. The van der Waals surface area contributed by atoms with Gasteiger partial charge in [-0.2, -0.15) is 11.8 Å². The van der Waals surface area contributed by atoms with Crippen LogP contribution in [0.5, 0.6) is 0 Å². The van der Waals surface area contributed by atoms with E-state index in [0.717, 1.165) is 29.2 Å². The molecule has 1 aliphatic rings. The molecule has 0 aromatic carbocycles. The van der Waals surface area contributed by atoms with E-state index in [9.17, 15) is 4.79 Å². The number of aromatic nitrogens is 1. The molecule has 17 heavy (non-hydrogen) atoms. The van der Waals surface area contributed by atoms with E-state index in [1.54, 1.807) is 6.20 Å². The number of hydrogen-bond acceptors (Lipinski definition) is 4. The van der Waals surface area contributed by atoms with Crippen LogP contribution in [0, 0.1) is 6.92 Å². The van der Waals surface area contributed by atoms with Gasteiger partial charge in [-0.1, -0.05) is 0 Å². The highest BCUT2D eigenvalue weighted by atomic mass is 32.2. The number of nitrogens with zero attached hydrogens (tertiary/aromatic N) is 1. The fourth-order valence-electron chi connectivity index (χ4n) is 1.74. The largest absolute Gasteiger partial charge is 0.351 e. The zero-order valence-corrected chi connectivity index (χ0v) is 10.7. The molecule has 2 rings (SSSR count). The van der Waals surface area contributed by atoms with Crippen LogP contribution in [0.4, 0.5) is 0 Å². The van der Waals surface area contributed by atoms with E-state index in [2.05, 4.69) is 15.6 Å². The third-order valence-corrected chi connectivity index (χ3v) is 3.89. The van der Waals surface area contributed by atoms with Crippen LogP contribution in [0.1, 0.15) is 11.1 Å². The van der Waals surface area contributed by atoms with Gasteiger partial charge in [0.2, 0.25) is 5.91 Å². The van der Waals surface area contributed by atoms with Gasteiger partial charge in [0.05, 0.1) is 6.04 Å². The van der Waals surface area contributed by atoms with Crippen LogP contribution >= 0.6 is 11.8 Å². The Morgan fingerprint density at radius 2 is 2.59 bits per heavy atom. The molecule has 0 bridgehead atoms. The molecular formula is C12H17N3OS. The summed E-state index contributed by atoms with van der Waals surface area (Å²) in [4.78, 5) is 15.9. The highest BCUT2D eigenvalue weighted by Crippen LogP contribution is 2.08. The fourth-order valence-corrected chi connectivity index (χ4v) is 2.67. The van der Waals surface area contributed by atoms with Gasteiger partial charge in [0.25, 0.3) is 0 Å². The van der Waals surface area contributed by atoms with Crippen LogP contribution < -0.4 is 10.6 Å². The van der Waals surface area contributed by atoms with Crippen molar-refractivity contribution in [3.8, 4) is 0 Å². The molecule has 4 nitrogen and oxygen atoms in total. The van der Waals surface area contributed by atoms with Crippen molar-refractivity contribution in [2.45, 2.75) is 19.5 Å². The first-order chi connectivity index (χ1) is 8.27. The Morgan fingerprint density at radius 1 is 1.71 bits per heavy atom. The second kappa shape index (κ2) is 6.02. The van der Waals surface area contributed by atoms with Crippen molar-refractivity contribution < 1.29 is 4.79 Å². The van der Waals surface area contributed by atoms with E-state index >= 15 is 0 Å².